The van der Waals surface area contributed by atoms with Gasteiger partial charge in [0.15, 0.2) is 0 Å². The van der Waals surface area contributed by atoms with Gasteiger partial charge < -0.3 is 15.4 Å². The number of methoxy groups -OCH3 is 1. The fourth-order valence-electron chi connectivity index (χ4n) is 1.79. The zero-order valence-corrected chi connectivity index (χ0v) is 12.9. The number of aromatic nitrogens is 3. The van der Waals surface area contributed by atoms with Gasteiger partial charge in [0.05, 0.1) is 7.11 Å². The molecule has 0 aliphatic heterocycles. The van der Waals surface area contributed by atoms with E-state index in [-0.39, 0.29) is 6.04 Å². The van der Waals surface area contributed by atoms with Crippen LogP contribution in [0.25, 0.3) is 0 Å². The molecule has 7 heteroatoms. The number of hydrogen-bond donors (Lipinski definition) is 2. The lowest BCUT2D eigenvalue weighted by molar-refractivity contribution is 0.379. The predicted octanol–water partition coefficient (Wildman–Crippen LogP) is 2.33. The molecule has 0 fully saturated rings. The molecule has 0 aliphatic carbocycles. The van der Waals surface area contributed by atoms with Gasteiger partial charge in [0, 0.05) is 29.3 Å². The van der Waals surface area contributed by atoms with E-state index in [1.807, 2.05) is 11.3 Å². The molecule has 0 saturated heterocycles. The van der Waals surface area contributed by atoms with Gasteiger partial charge in [-0.1, -0.05) is 0 Å². The SMILES string of the molecule is CNc1nc(NC(C)Cc2ccc(C)s2)nc(OC)n1. The summed E-state index contributed by atoms with van der Waals surface area (Å²) in [7, 11) is 3.30. The molecule has 108 valence electrons. The van der Waals surface area contributed by atoms with Crippen LogP contribution in [-0.4, -0.2) is 35.2 Å². The van der Waals surface area contributed by atoms with Crippen molar-refractivity contribution in [2.24, 2.45) is 0 Å². The molecule has 0 spiro atoms. The first kappa shape index (κ1) is 14.5. The zero-order valence-electron chi connectivity index (χ0n) is 12.1. The van der Waals surface area contributed by atoms with Crippen LogP contribution in [-0.2, 0) is 6.42 Å². The molecule has 0 amide bonds. The molecular formula is C13H19N5OS. The normalized spacial score (nSPS) is 12.0. The molecular weight excluding hydrogens is 274 g/mol. The van der Waals surface area contributed by atoms with E-state index in [4.69, 9.17) is 4.74 Å². The molecule has 0 saturated carbocycles. The Morgan fingerprint density at radius 1 is 1.25 bits per heavy atom. The number of rotatable bonds is 6. The van der Waals surface area contributed by atoms with E-state index in [1.165, 1.54) is 16.9 Å². The van der Waals surface area contributed by atoms with Crippen molar-refractivity contribution in [2.45, 2.75) is 26.3 Å². The Hall–Kier alpha value is -1.89. The summed E-state index contributed by atoms with van der Waals surface area (Å²) in [5.74, 6) is 1.00. The lowest BCUT2D eigenvalue weighted by Crippen LogP contribution is -2.20. The van der Waals surface area contributed by atoms with Crippen LogP contribution >= 0.6 is 11.3 Å². The predicted molar refractivity (Wildman–Crippen MR) is 81.8 cm³/mol. The largest absolute Gasteiger partial charge is 0.467 e. The van der Waals surface area contributed by atoms with Crippen LogP contribution in [0.5, 0.6) is 6.01 Å². The standard InChI is InChI=1S/C13H19N5OS/c1-8(7-10-6-5-9(2)20-10)15-12-16-11(14-3)17-13(18-12)19-4/h5-6,8H,7H2,1-4H3,(H2,14,15,16,17,18). The minimum absolute atomic E-state index is 0.227. The van der Waals surface area contributed by atoms with Crippen molar-refractivity contribution >= 4 is 23.2 Å². The smallest absolute Gasteiger partial charge is 0.322 e. The van der Waals surface area contributed by atoms with E-state index in [2.05, 4.69) is 51.6 Å². The van der Waals surface area contributed by atoms with E-state index in [1.54, 1.807) is 7.05 Å². The van der Waals surface area contributed by atoms with Crippen molar-refractivity contribution in [1.29, 1.82) is 0 Å². The number of ether oxygens (including phenoxy) is 1. The van der Waals surface area contributed by atoms with E-state index >= 15 is 0 Å². The van der Waals surface area contributed by atoms with Gasteiger partial charge >= 0.3 is 6.01 Å². The quantitative estimate of drug-likeness (QED) is 0.851. The molecule has 2 aromatic rings. The highest BCUT2D eigenvalue weighted by atomic mass is 32.1. The Balaban J connectivity index is 2.04. The highest BCUT2D eigenvalue weighted by Crippen LogP contribution is 2.18. The first-order valence-corrected chi connectivity index (χ1v) is 7.22. The van der Waals surface area contributed by atoms with Gasteiger partial charge in [-0.3, -0.25) is 0 Å². The first-order chi connectivity index (χ1) is 9.60. The second-order valence-corrected chi connectivity index (χ2v) is 5.85. The van der Waals surface area contributed by atoms with E-state index in [0.717, 1.165) is 6.42 Å². The van der Waals surface area contributed by atoms with Gasteiger partial charge in [-0.15, -0.1) is 11.3 Å². The molecule has 2 N–H and O–H groups in total. The van der Waals surface area contributed by atoms with E-state index in [9.17, 15) is 0 Å². The van der Waals surface area contributed by atoms with Crippen LogP contribution < -0.4 is 15.4 Å². The molecule has 6 nitrogen and oxygen atoms in total. The number of anilines is 2. The third kappa shape index (κ3) is 3.80. The summed E-state index contributed by atoms with van der Waals surface area (Å²) in [6.45, 7) is 4.21. The van der Waals surface area contributed by atoms with Gasteiger partial charge in [0.2, 0.25) is 11.9 Å². The summed E-state index contributed by atoms with van der Waals surface area (Å²) < 4.78 is 5.06. The summed E-state index contributed by atoms with van der Waals surface area (Å²) in [6.07, 6.45) is 0.932. The lowest BCUT2D eigenvalue weighted by Gasteiger charge is -2.13. The van der Waals surface area contributed by atoms with Gasteiger partial charge in [0.25, 0.3) is 0 Å². The number of aryl methyl sites for hydroxylation is 1. The minimum Gasteiger partial charge on any atom is -0.467 e. The van der Waals surface area contributed by atoms with Crippen LogP contribution in [0.2, 0.25) is 0 Å². The monoisotopic (exact) mass is 293 g/mol. The van der Waals surface area contributed by atoms with E-state index in [0.29, 0.717) is 17.9 Å². The van der Waals surface area contributed by atoms with Gasteiger partial charge in [-0.05, 0) is 26.0 Å². The van der Waals surface area contributed by atoms with Crippen molar-refractivity contribution < 1.29 is 4.74 Å². The van der Waals surface area contributed by atoms with Crippen molar-refractivity contribution in [3.63, 3.8) is 0 Å². The van der Waals surface area contributed by atoms with Crippen LogP contribution in [0.15, 0.2) is 12.1 Å². The molecule has 2 aromatic heterocycles. The average Bonchev–Trinajstić information content (AvgIpc) is 2.83. The van der Waals surface area contributed by atoms with Crippen molar-refractivity contribution in [3.8, 4) is 6.01 Å². The van der Waals surface area contributed by atoms with Crippen molar-refractivity contribution in [2.75, 3.05) is 24.8 Å². The first-order valence-electron chi connectivity index (χ1n) is 6.40. The molecule has 20 heavy (non-hydrogen) atoms. The van der Waals surface area contributed by atoms with E-state index < -0.39 is 0 Å². The maximum atomic E-state index is 5.06. The molecule has 0 aromatic carbocycles. The summed E-state index contributed by atoms with van der Waals surface area (Å²) in [5, 5.41) is 6.16. The fourth-order valence-corrected chi connectivity index (χ4v) is 2.81. The number of hydrogen-bond acceptors (Lipinski definition) is 7. The average molecular weight is 293 g/mol. The van der Waals surface area contributed by atoms with Crippen molar-refractivity contribution in [3.05, 3.63) is 21.9 Å². The molecule has 1 atom stereocenters. The Bertz CT molecular complexity index is 549. The Labute approximate surface area is 122 Å². The van der Waals surface area contributed by atoms with Gasteiger partial charge in [-0.2, -0.15) is 15.0 Å². The number of nitrogens with one attached hydrogen (secondary N) is 2. The number of nitrogens with zero attached hydrogens (tertiary/aromatic N) is 3. The number of thiophene rings is 1. The van der Waals surface area contributed by atoms with Crippen LogP contribution in [0.1, 0.15) is 16.7 Å². The summed E-state index contributed by atoms with van der Waals surface area (Å²) in [4.78, 5) is 15.2. The molecule has 2 heterocycles. The topological polar surface area (TPSA) is 72.0 Å². The molecule has 0 bridgehead atoms. The fraction of sp³-hybridized carbons (Fsp3) is 0.462. The van der Waals surface area contributed by atoms with Crippen LogP contribution in [0, 0.1) is 6.92 Å². The third-order valence-electron chi connectivity index (χ3n) is 2.70. The molecule has 1 unspecified atom stereocenters. The van der Waals surface area contributed by atoms with Crippen LogP contribution in [0.3, 0.4) is 0 Å². The van der Waals surface area contributed by atoms with Gasteiger partial charge in [-0.25, -0.2) is 0 Å². The Morgan fingerprint density at radius 3 is 2.60 bits per heavy atom. The maximum absolute atomic E-state index is 5.06. The Kier molecular flexibility index (Phi) is 4.73. The van der Waals surface area contributed by atoms with Gasteiger partial charge in [0.1, 0.15) is 0 Å². The second kappa shape index (κ2) is 6.51. The highest BCUT2D eigenvalue weighted by molar-refractivity contribution is 7.11. The summed E-state index contributed by atoms with van der Waals surface area (Å²) in [5.41, 5.74) is 0. The minimum atomic E-state index is 0.227. The third-order valence-corrected chi connectivity index (χ3v) is 3.72. The summed E-state index contributed by atoms with van der Waals surface area (Å²) >= 11 is 1.81. The maximum Gasteiger partial charge on any atom is 0.322 e. The summed E-state index contributed by atoms with van der Waals surface area (Å²) in [6, 6.07) is 4.82. The second-order valence-electron chi connectivity index (χ2n) is 4.48. The van der Waals surface area contributed by atoms with Crippen molar-refractivity contribution in [1.82, 2.24) is 15.0 Å². The lowest BCUT2D eigenvalue weighted by atomic mass is 10.2. The molecule has 0 aliphatic rings. The highest BCUT2D eigenvalue weighted by Gasteiger charge is 2.10. The zero-order chi connectivity index (χ0) is 14.5. The Morgan fingerprint density at radius 2 is 2.00 bits per heavy atom. The molecule has 2 rings (SSSR count). The van der Waals surface area contributed by atoms with Crippen LogP contribution in [0.4, 0.5) is 11.9 Å². The molecule has 0 radical (unpaired) electrons.